The number of rotatable bonds is 2. The number of piperazine rings is 1. The largest absolute Gasteiger partial charge is 0.508 e. The van der Waals surface area contributed by atoms with Crippen LogP contribution in [0.1, 0.15) is 11.6 Å². The molecular formula is C12H16ClF3N2O. The van der Waals surface area contributed by atoms with Crippen molar-refractivity contribution in [1.82, 2.24) is 10.2 Å². The van der Waals surface area contributed by atoms with E-state index in [0.29, 0.717) is 26.2 Å². The third kappa shape index (κ3) is 3.99. The minimum absolute atomic E-state index is 0. The van der Waals surface area contributed by atoms with Crippen LogP contribution in [0.2, 0.25) is 0 Å². The Labute approximate surface area is 115 Å². The molecule has 7 heteroatoms. The molecule has 0 radical (unpaired) electrons. The van der Waals surface area contributed by atoms with Crippen molar-refractivity contribution >= 4 is 12.4 Å². The molecule has 3 nitrogen and oxygen atoms in total. The molecule has 1 aliphatic heterocycles. The van der Waals surface area contributed by atoms with Gasteiger partial charge in [0.25, 0.3) is 0 Å². The maximum Gasteiger partial charge on any atom is 0.408 e. The molecule has 19 heavy (non-hydrogen) atoms. The van der Waals surface area contributed by atoms with Crippen LogP contribution in [0.4, 0.5) is 13.2 Å². The number of benzene rings is 1. The van der Waals surface area contributed by atoms with Gasteiger partial charge in [-0.05, 0) is 17.7 Å². The smallest absolute Gasteiger partial charge is 0.408 e. The van der Waals surface area contributed by atoms with E-state index in [9.17, 15) is 18.3 Å². The molecule has 0 unspecified atom stereocenters. The van der Waals surface area contributed by atoms with Crippen molar-refractivity contribution < 1.29 is 18.3 Å². The lowest BCUT2D eigenvalue weighted by Crippen LogP contribution is -2.49. The van der Waals surface area contributed by atoms with E-state index in [0.717, 1.165) is 0 Å². The Kier molecular flexibility index (Phi) is 5.46. The van der Waals surface area contributed by atoms with E-state index in [4.69, 9.17) is 0 Å². The number of phenols is 1. The van der Waals surface area contributed by atoms with Crippen LogP contribution in [0.15, 0.2) is 24.3 Å². The average Bonchev–Trinajstić information content (AvgIpc) is 2.28. The first kappa shape index (κ1) is 16.1. The molecule has 0 aromatic heterocycles. The number of nitrogens with zero attached hydrogens (tertiary/aromatic N) is 1. The van der Waals surface area contributed by atoms with Crippen molar-refractivity contribution in [2.75, 3.05) is 26.2 Å². The van der Waals surface area contributed by atoms with E-state index in [1.165, 1.54) is 29.2 Å². The van der Waals surface area contributed by atoms with Crippen LogP contribution in [-0.4, -0.2) is 42.4 Å². The van der Waals surface area contributed by atoms with Gasteiger partial charge in [-0.1, -0.05) is 12.1 Å². The predicted molar refractivity (Wildman–Crippen MR) is 68.6 cm³/mol. The lowest BCUT2D eigenvalue weighted by atomic mass is 10.0. The maximum absolute atomic E-state index is 13.2. The van der Waals surface area contributed by atoms with Gasteiger partial charge < -0.3 is 10.4 Å². The highest BCUT2D eigenvalue weighted by atomic mass is 35.5. The first-order valence-corrected chi connectivity index (χ1v) is 5.79. The molecule has 0 bridgehead atoms. The molecule has 1 aliphatic rings. The summed E-state index contributed by atoms with van der Waals surface area (Å²) in [4.78, 5) is 1.39. The van der Waals surface area contributed by atoms with Gasteiger partial charge in [-0.2, -0.15) is 13.2 Å². The van der Waals surface area contributed by atoms with E-state index in [-0.39, 0.29) is 23.7 Å². The predicted octanol–water partition coefficient (Wildman–Crippen LogP) is 2.32. The molecule has 1 aromatic carbocycles. The molecule has 0 amide bonds. The molecule has 1 saturated heterocycles. The Morgan fingerprint density at radius 2 is 1.84 bits per heavy atom. The van der Waals surface area contributed by atoms with Crippen LogP contribution >= 0.6 is 12.4 Å². The third-order valence-corrected chi connectivity index (χ3v) is 3.01. The SMILES string of the molecule is Cl.Oc1cccc([C@@H](N2CCNCC2)C(F)(F)F)c1. The standard InChI is InChI=1S/C12H15F3N2O.ClH/c13-12(14,15)11(17-6-4-16-5-7-17)9-2-1-3-10(18)8-9;/h1-3,8,11,16,18H,4-7H2;1H/t11-;/m1./s1. The summed E-state index contributed by atoms with van der Waals surface area (Å²) in [6, 6.07) is 3.74. The fourth-order valence-corrected chi connectivity index (χ4v) is 2.24. The molecule has 108 valence electrons. The number of aromatic hydroxyl groups is 1. The molecule has 2 N–H and O–H groups in total. The zero-order valence-electron chi connectivity index (χ0n) is 10.2. The summed E-state index contributed by atoms with van der Waals surface area (Å²) in [5.41, 5.74) is 0.0874. The summed E-state index contributed by atoms with van der Waals surface area (Å²) in [5, 5.41) is 12.4. The zero-order valence-corrected chi connectivity index (χ0v) is 11.0. The molecule has 1 atom stereocenters. The van der Waals surface area contributed by atoms with Gasteiger partial charge in [-0.3, -0.25) is 4.90 Å². The first-order chi connectivity index (χ1) is 8.48. The lowest BCUT2D eigenvalue weighted by molar-refractivity contribution is -0.187. The van der Waals surface area contributed by atoms with Crippen molar-refractivity contribution in [2.45, 2.75) is 12.2 Å². The van der Waals surface area contributed by atoms with E-state index in [1.54, 1.807) is 0 Å². The third-order valence-electron chi connectivity index (χ3n) is 3.01. The van der Waals surface area contributed by atoms with Gasteiger partial charge in [0.05, 0.1) is 0 Å². The van der Waals surface area contributed by atoms with Crippen LogP contribution in [0, 0.1) is 0 Å². The first-order valence-electron chi connectivity index (χ1n) is 5.79. The summed E-state index contributed by atoms with van der Waals surface area (Å²) in [6.45, 7) is 1.79. The van der Waals surface area contributed by atoms with Crippen LogP contribution in [0.5, 0.6) is 5.75 Å². The molecule has 0 saturated carbocycles. The van der Waals surface area contributed by atoms with Crippen molar-refractivity contribution in [3.05, 3.63) is 29.8 Å². The molecule has 1 heterocycles. The highest BCUT2D eigenvalue weighted by Crippen LogP contribution is 2.38. The molecule has 0 spiro atoms. The van der Waals surface area contributed by atoms with Gasteiger partial charge in [-0.15, -0.1) is 12.4 Å². The summed E-state index contributed by atoms with van der Waals surface area (Å²) in [6.07, 6.45) is -4.34. The van der Waals surface area contributed by atoms with E-state index in [1.807, 2.05) is 0 Å². The second-order valence-corrected chi connectivity index (χ2v) is 4.33. The second kappa shape index (κ2) is 6.45. The Morgan fingerprint density at radius 1 is 1.21 bits per heavy atom. The zero-order chi connectivity index (χ0) is 13.2. The topological polar surface area (TPSA) is 35.5 Å². The van der Waals surface area contributed by atoms with Crippen molar-refractivity contribution in [3.8, 4) is 5.75 Å². The maximum atomic E-state index is 13.2. The van der Waals surface area contributed by atoms with Gasteiger partial charge in [0.15, 0.2) is 0 Å². The monoisotopic (exact) mass is 296 g/mol. The quantitative estimate of drug-likeness (QED) is 0.879. The van der Waals surface area contributed by atoms with Crippen LogP contribution < -0.4 is 5.32 Å². The van der Waals surface area contributed by atoms with Gasteiger partial charge in [-0.25, -0.2) is 0 Å². The van der Waals surface area contributed by atoms with Gasteiger partial charge in [0.1, 0.15) is 11.8 Å². The van der Waals surface area contributed by atoms with Crippen LogP contribution in [0.3, 0.4) is 0 Å². The lowest BCUT2D eigenvalue weighted by Gasteiger charge is -2.36. The summed E-state index contributed by atoms with van der Waals surface area (Å²) < 4.78 is 39.5. The summed E-state index contributed by atoms with van der Waals surface area (Å²) in [5.74, 6) is -0.142. The number of nitrogens with one attached hydrogen (secondary N) is 1. The van der Waals surface area contributed by atoms with Crippen LogP contribution in [-0.2, 0) is 0 Å². The average molecular weight is 297 g/mol. The Bertz CT molecular complexity index is 408. The van der Waals surface area contributed by atoms with Gasteiger partial charge in [0, 0.05) is 26.2 Å². The molecule has 1 aromatic rings. The van der Waals surface area contributed by atoms with E-state index >= 15 is 0 Å². The van der Waals surface area contributed by atoms with Crippen molar-refractivity contribution in [3.63, 3.8) is 0 Å². The molecule has 1 fully saturated rings. The fourth-order valence-electron chi connectivity index (χ4n) is 2.24. The molecular weight excluding hydrogens is 281 g/mol. The Balaban J connectivity index is 0.00000180. The normalized spacial score (nSPS) is 18.7. The summed E-state index contributed by atoms with van der Waals surface area (Å²) in [7, 11) is 0. The van der Waals surface area contributed by atoms with Crippen molar-refractivity contribution in [2.24, 2.45) is 0 Å². The highest BCUT2D eigenvalue weighted by Gasteiger charge is 2.44. The Morgan fingerprint density at radius 3 is 2.37 bits per heavy atom. The van der Waals surface area contributed by atoms with Gasteiger partial charge >= 0.3 is 6.18 Å². The molecule has 0 aliphatic carbocycles. The number of hydrogen-bond donors (Lipinski definition) is 2. The Hall–Kier alpha value is -0.980. The summed E-state index contributed by atoms with van der Waals surface area (Å²) >= 11 is 0. The van der Waals surface area contributed by atoms with Gasteiger partial charge in [0.2, 0.25) is 0 Å². The van der Waals surface area contributed by atoms with Crippen LogP contribution in [0.25, 0.3) is 0 Å². The number of halogens is 4. The number of phenolic OH excluding ortho intramolecular Hbond substituents is 1. The second-order valence-electron chi connectivity index (χ2n) is 4.33. The van der Waals surface area contributed by atoms with Crippen molar-refractivity contribution in [1.29, 1.82) is 0 Å². The van der Waals surface area contributed by atoms with E-state index in [2.05, 4.69) is 5.32 Å². The number of hydrogen-bond acceptors (Lipinski definition) is 3. The fraction of sp³-hybridized carbons (Fsp3) is 0.500. The number of alkyl halides is 3. The highest BCUT2D eigenvalue weighted by molar-refractivity contribution is 5.85. The minimum Gasteiger partial charge on any atom is -0.508 e. The van der Waals surface area contributed by atoms with E-state index < -0.39 is 12.2 Å². The minimum atomic E-state index is -4.34. The molecule has 2 rings (SSSR count).